The zero-order valence-corrected chi connectivity index (χ0v) is 13.0. The number of cyclic esters (lactones) is 1. The minimum absolute atomic E-state index is 0.107. The van der Waals surface area contributed by atoms with Crippen LogP contribution in [0.15, 0.2) is 0 Å². The molecular formula is C17H24O5. The van der Waals surface area contributed by atoms with Crippen LogP contribution < -0.4 is 0 Å². The van der Waals surface area contributed by atoms with Gasteiger partial charge in [0.15, 0.2) is 0 Å². The Balaban J connectivity index is 1.42. The first-order valence-corrected chi connectivity index (χ1v) is 8.47. The third kappa shape index (κ3) is 2.43. The lowest BCUT2D eigenvalue weighted by Gasteiger charge is -2.60. The molecule has 0 aromatic carbocycles. The van der Waals surface area contributed by atoms with Crippen LogP contribution >= 0.6 is 0 Å². The van der Waals surface area contributed by atoms with E-state index >= 15 is 0 Å². The molecule has 4 atom stereocenters. The zero-order valence-electron chi connectivity index (χ0n) is 13.0. The highest BCUT2D eigenvalue weighted by Crippen LogP contribution is 2.62. The van der Waals surface area contributed by atoms with Crippen LogP contribution in [0, 0.1) is 17.3 Å². The second kappa shape index (κ2) is 4.70. The fourth-order valence-electron chi connectivity index (χ4n) is 5.93. The molecule has 5 rings (SSSR count). The van der Waals surface area contributed by atoms with Gasteiger partial charge in [-0.2, -0.15) is 0 Å². The van der Waals surface area contributed by atoms with Crippen molar-refractivity contribution in [2.75, 3.05) is 0 Å². The molecule has 1 saturated heterocycles. The Morgan fingerprint density at radius 3 is 2.50 bits per heavy atom. The average Bonchev–Trinajstić information content (AvgIpc) is 2.63. The van der Waals surface area contributed by atoms with Gasteiger partial charge in [0.05, 0.1) is 12.0 Å². The van der Waals surface area contributed by atoms with Gasteiger partial charge in [-0.15, -0.1) is 0 Å². The van der Waals surface area contributed by atoms with Gasteiger partial charge in [0, 0.05) is 6.42 Å². The first-order chi connectivity index (χ1) is 10.3. The van der Waals surface area contributed by atoms with Crippen molar-refractivity contribution < 1.29 is 24.2 Å². The second-order valence-corrected chi connectivity index (χ2v) is 8.32. The molecule has 0 amide bonds. The Morgan fingerprint density at radius 2 is 1.95 bits per heavy atom. The van der Waals surface area contributed by atoms with Crippen LogP contribution in [0.3, 0.4) is 0 Å². The Bertz CT molecular complexity index is 499. The molecule has 4 saturated carbocycles. The number of hydrogen-bond acceptors (Lipinski definition) is 5. The zero-order chi connectivity index (χ0) is 15.5. The lowest BCUT2D eigenvalue weighted by Crippen LogP contribution is -2.56. The molecule has 0 unspecified atom stereocenters. The van der Waals surface area contributed by atoms with Gasteiger partial charge in [-0.25, -0.2) is 4.79 Å². The van der Waals surface area contributed by atoms with Crippen molar-refractivity contribution >= 4 is 11.9 Å². The minimum Gasteiger partial charge on any atom is -0.460 e. The monoisotopic (exact) mass is 308 g/mol. The predicted molar refractivity (Wildman–Crippen MR) is 76.7 cm³/mol. The van der Waals surface area contributed by atoms with Crippen LogP contribution in [-0.2, 0) is 19.1 Å². The van der Waals surface area contributed by atoms with Crippen molar-refractivity contribution in [3.8, 4) is 0 Å². The molecule has 4 bridgehead atoms. The van der Waals surface area contributed by atoms with Gasteiger partial charge in [-0.05, 0) is 62.7 Å². The van der Waals surface area contributed by atoms with E-state index in [-0.39, 0.29) is 17.5 Å². The van der Waals surface area contributed by atoms with Crippen LogP contribution in [0.25, 0.3) is 0 Å². The summed E-state index contributed by atoms with van der Waals surface area (Å²) in [5, 5.41) is 10.7. The molecule has 1 N–H and O–H groups in total. The fourth-order valence-corrected chi connectivity index (χ4v) is 5.93. The third-order valence-electron chi connectivity index (χ3n) is 6.07. The van der Waals surface area contributed by atoms with Crippen LogP contribution in [0.2, 0.25) is 0 Å². The Labute approximate surface area is 130 Å². The maximum absolute atomic E-state index is 12.3. The molecule has 122 valence electrons. The molecule has 1 aliphatic heterocycles. The fraction of sp³-hybridized carbons (Fsp3) is 0.882. The van der Waals surface area contributed by atoms with E-state index in [0.29, 0.717) is 31.1 Å². The maximum atomic E-state index is 12.3. The molecular weight excluding hydrogens is 284 g/mol. The number of hydrogen-bond donors (Lipinski definition) is 1. The van der Waals surface area contributed by atoms with Gasteiger partial charge in [-0.1, -0.05) is 0 Å². The summed E-state index contributed by atoms with van der Waals surface area (Å²) >= 11 is 0. The summed E-state index contributed by atoms with van der Waals surface area (Å²) in [6.07, 6.45) is 5.62. The predicted octanol–water partition coefficient (Wildman–Crippen LogP) is 1.96. The first-order valence-electron chi connectivity index (χ1n) is 8.47. The highest BCUT2D eigenvalue weighted by Gasteiger charge is 2.57. The lowest BCUT2D eigenvalue weighted by atomic mass is 9.47. The van der Waals surface area contributed by atoms with Crippen LogP contribution in [0.5, 0.6) is 0 Å². The summed E-state index contributed by atoms with van der Waals surface area (Å²) in [5.74, 6) is 0.373. The second-order valence-electron chi connectivity index (χ2n) is 8.32. The largest absolute Gasteiger partial charge is 0.460 e. The van der Waals surface area contributed by atoms with Crippen molar-refractivity contribution in [1.82, 2.24) is 0 Å². The highest BCUT2D eigenvalue weighted by molar-refractivity contribution is 5.81. The topological polar surface area (TPSA) is 72.8 Å². The number of esters is 2. The summed E-state index contributed by atoms with van der Waals surface area (Å²) in [7, 11) is 0. The molecule has 0 aromatic rings. The van der Waals surface area contributed by atoms with E-state index in [4.69, 9.17) is 9.47 Å². The molecule has 1 heterocycles. The van der Waals surface area contributed by atoms with Crippen molar-refractivity contribution in [3.05, 3.63) is 0 Å². The molecule has 0 radical (unpaired) electrons. The van der Waals surface area contributed by atoms with E-state index in [1.807, 2.05) is 0 Å². The van der Waals surface area contributed by atoms with Crippen molar-refractivity contribution in [3.63, 3.8) is 0 Å². The Hall–Kier alpha value is -1.10. The minimum atomic E-state index is -0.737. The average molecular weight is 308 g/mol. The normalized spacial score (nSPS) is 49.3. The number of rotatable bonds is 3. The van der Waals surface area contributed by atoms with E-state index in [1.165, 1.54) is 6.42 Å². The number of ether oxygens (including phenoxy) is 2. The van der Waals surface area contributed by atoms with Crippen molar-refractivity contribution in [2.24, 2.45) is 17.3 Å². The third-order valence-corrected chi connectivity index (χ3v) is 6.07. The van der Waals surface area contributed by atoms with Crippen LogP contribution in [0.1, 0.15) is 58.3 Å². The first kappa shape index (κ1) is 14.5. The van der Waals surface area contributed by atoms with E-state index in [1.54, 1.807) is 6.92 Å². The SMILES string of the molecule is C[C@H]1C[C@@H](OC(=O)CC23C[C@H]4C[C@@H](CC(O)(C4)C2)C3)C(=O)O1. The Kier molecular flexibility index (Phi) is 3.09. The lowest BCUT2D eigenvalue weighted by molar-refractivity contribution is -0.181. The van der Waals surface area contributed by atoms with Gasteiger partial charge >= 0.3 is 11.9 Å². The standard InChI is InChI=1S/C17H24O5/c1-10-2-13(15(19)21-10)22-14(18)8-16-4-11-3-12(5-16)7-17(20,6-11)9-16/h10-13,20H,2-9H2,1H3/t10-,11+,12+,13+,16?,17?/m0/s1. The van der Waals surface area contributed by atoms with E-state index in [0.717, 1.165) is 25.7 Å². The summed E-state index contributed by atoms with van der Waals surface area (Å²) < 4.78 is 10.4. The molecule has 5 nitrogen and oxygen atoms in total. The summed E-state index contributed by atoms with van der Waals surface area (Å²) in [5.41, 5.74) is -0.671. The number of carbonyl (C=O) groups is 2. The molecule has 5 heteroatoms. The maximum Gasteiger partial charge on any atom is 0.347 e. The molecule has 5 fully saturated rings. The Morgan fingerprint density at radius 1 is 1.27 bits per heavy atom. The van der Waals surface area contributed by atoms with Crippen LogP contribution in [-0.4, -0.2) is 34.9 Å². The van der Waals surface area contributed by atoms with Crippen LogP contribution in [0.4, 0.5) is 0 Å². The summed E-state index contributed by atoms with van der Waals surface area (Å²) in [4.78, 5) is 23.9. The highest BCUT2D eigenvalue weighted by atomic mass is 16.6. The smallest absolute Gasteiger partial charge is 0.347 e. The number of aliphatic hydroxyl groups is 1. The van der Waals surface area contributed by atoms with Gasteiger partial charge in [0.25, 0.3) is 0 Å². The number of carbonyl (C=O) groups excluding carboxylic acids is 2. The van der Waals surface area contributed by atoms with Gasteiger partial charge in [0.1, 0.15) is 6.10 Å². The van der Waals surface area contributed by atoms with E-state index in [9.17, 15) is 14.7 Å². The molecule has 0 aromatic heterocycles. The molecule has 0 spiro atoms. The van der Waals surface area contributed by atoms with Crippen molar-refractivity contribution in [2.45, 2.75) is 76.1 Å². The quantitative estimate of drug-likeness (QED) is 0.807. The summed E-state index contributed by atoms with van der Waals surface area (Å²) in [6, 6.07) is 0. The van der Waals surface area contributed by atoms with E-state index < -0.39 is 17.7 Å². The van der Waals surface area contributed by atoms with Gasteiger partial charge < -0.3 is 14.6 Å². The van der Waals surface area contributed by atoms with Crippen molar-refractivity contribution in [1.29, 1.82) is 0 Å². The molecule has 5 aliphatic rings. The summed E-state index contributed by atoms with van der Waals surface area (Å²) in [6.45, 7) is 1.81. The molecule has 4 aliphatic carbocycles. The molecule has 22 heavy (non-hydrogen) atoms. The van der Waals surface area contributed by atoms with Gasteiger partial charge in [0.2, 0.25) is 6.10 Å². The van der Waals surface area contributed by atoms with E-state index in [2.05, 4.69) is 0 Å². The van der Waals surface area contributed by atoms with Gasteiger partial charge in [-0.3, -0.25) is 4.79 Å².